The van der Waals surface area contributed by atoms with Gasteiger partial charge in [0.1, 0.15) is 6.20 Å². The normalized spacial score (nSPS) is 10.2. The molecule has 0 fully saturated rings. The van der Waals surface area contributed by atoms with Gasteiger partial charge in [-0.25, -0.2) is 0 Å². The van der Waals surface area contributed by atoms with Gasteiger partial charge in [-0.3, -0.25) is 20.0 Å². The summed E-state index contributed by atoms with van der Waals surface area (Å²) in [4.78, 5) is 21.9. The number of H-pyrrole nitrogens is 1. The van der Waals surface area contributed by atoms with E-state index in [-0.39, 0.29) is 21.4 Å². The zero-order chi connectivity index (χ0) is 14.0. The fourth-order valence-corrected chi connectivity index (χ4v) is 1.87. The summed E-state index contributed by atoms with van der Waals surface area (Å²) in [6, 6.07) is 4.67. The van der Waals surface area contributed by atoms with E-state index >= 15 is 0 Å². The molecule has 1 aromatic carbocycles. The standard InChI is InChI=1S/C10H6Cl2N4O3/c11-5-2-1-3-6(12)8(5)14-10(17)9-7(16(18)19)4-13-15-9/h1-4H,(H,13,15)(H,14,17). The number of anilines is 1. The maximum absolute atomic E-state index is 11.9. The molecule has 0 bridgehead atoms. The molecule has 98 valence electrons. The Balaban J connectivity index is 2.31. The molecule has 2 rings (SSSR count). The average molecular weight is 301 g/mol. The van der Waals surface area contributed by atoms with Crippen molar-refractivity contribution in [2.75, 3.05) is 5.32 Å². The fraction of sp³-hybridized carbons (Fsp3) is 0. The Morgan fingerprint density at radius 3 is 2.58 bits per heavy atom. The van der Waals surface area contributed by atoms with Gasteiger partial charge in [0, 0.05) is 0 Å². The topological polar surface area (TPSA) is 101 Å². The number of para-hydroxylation sites is 1. The molecule has 0 aliphatic rings. The minimum Gasteiger partial charge on any atom is -0.318 e. The van der Waals surface area contributed by atoms with Gasteiger partial charge in [0.25, 0.3) is 5.91 Å². The van der Waals surface area contributed by atoms with Gasteiger partial charge in [-0.15, -0.1) is 0 Å². The summed E-state index contributed by atoms with van der Waals surface area (Å²) >= 11 is 11.8. The monoisotopic (exact) mass is 300 g/mol. The molecule has 1 amide bonds. The highest BCUT2D eigenvalue weighted by Gasteiger charge is 2.23. The number of amides is 1. The number of halogens is 2. The number of nitrogens with one attached hydrogen (secondary N) is 2. The highest BCUT2D eigenvalue weighted by Crippen LogP contribution is 2.30. The van der Waals surface area contributed by atoms with Crippen molar-refractivity contribution in [3.8, 4) is 0 Å². The van der Waals surface area contributed by atoms with E-state index in [1.165, 1.54) is 12.1 Å². The summed E-state index contributed by atoms with van der Waals surface area (Å²) in [6.07, 6.45) is 0.948. The van der Waals surface area contributed by atoms with Crippen LogP contribution in [0, 0.1) is 10.1 Å². The molecule has 9 heteroatoms. The number of aromatic amines is 1. The number of nitro groups is 1. The molecular formula is C10H6Cl2N4O3. The largest absolute Gasteiger partial charge is 0.319 e. The van der Waals surface area contributed by atoms with Gasteiger partial charge in [0.05, 0.1) is 20.7 Å². The van der Waals surface area contributed by atoms with E-state index < -0.39 is 16.5 Å². The van der Waals surface area contributed by atoms with Crippen molar-refractivity contribution >= 4 is 40.5 Å². The van der Waals surface area contributed by atoms with Crippen LogP contribution in [0.3, 0.4) is 0 Å². The van der Waals surface area contributed by atoms with Gasteiger partial charge in [0.2, 0.25) is 5.69 Å². The van der Waals surface area contributed by atoms with Gasteiger partial charge in [-0.2, -0.15) is 5.10 Å². The molecule has 0 aliphatic carbocycles. The first-order valence-corrected chi connectivity index (χ1v) is 5.69. The second-order valence-electron chi connectivity index (χ2n) is 3.44. The zero-order valence-electron chi connectivity index (χ0n) is 9.18. The van der Waals surface area contributed by atoms with Crippen LogP contribution in [0.4, 0.5) is 11.4 Å². The third kappa shape index (κ3) is 2.67. The molecule has 0 radical (unpaired) electrons. The first-order chi connectivity index (χ1) is 9.00. The number of hydrogen-bond acceptors (Lipinski definition) is 4. The molecule has 2 aromatic rings. The quantitative estimate of drug-likeness (QED) is 0.672. The Bertz CT molecular complexity index is 636. The Morgan fingerprint density at radius 1 is 1.37 bits per heavy atom. The van der Waals surface area contributed by atoms with Crippen LogP contribution in [-0.2, 0) is 0 Å². The average Bonchev–Trinajstić information content (AvgIpc) is 2.83. The van der Waals surface area contributed by atoms with E-state index in [0.717, 1.165) is 6.20 Å². The van der Waals surface area contributed by atoms with Crippen molar-refractivity contribution in [1.29, 1.82) is 0 Å². The zero-order valence-corrected chi connectivity index (χ0v) is 10.7. The predicted molar refractivity (Wildman–Crippen MR) is 69.7 cm³/mol. The molecular weight excluding hydrogens is 295 g/mol. The second-order valence-corrected chi connectivity index (χ2v) is 4.25. The molecule has 0 unspecified atom stereocenters. The fourth-order valence-electron chi connectivity index (χ4n) is 1.38. The third-order valence-electron chi connectivity index (χ3n) is 2.24. The van der Waals surface area contributed by atoms with E-state index in [1.807, 2.05) is 0 Å². The first kappa shape index (κ1) is 13.3. The Kier molecular flexibility index (Phi) is 3.68. The van der Waals surface area contributed by atoms with Gasteiger partial charge < -0.3 is 5.32 Å². The number of benzene rings is 1. The smallest absolute Gasteiger partial charge is 0.318 e. The predicted octanol–water partition coefficient (Wildman–Crippen LogP) is 2.88. The first-order valence-electron chi connectivity index (χ1n) is 4.94. The van der Waals surface area contributed by atoms with Crippen molar-refractivity contribution < 1.29 is 9.72 Å². The lowest BCUT2D eigenvalue weighted by Crippen LogP contribution is -2.14. The van der Waals surface area contributed by atoms with E-state index in [9.17, 15) is 14.9 Å². The van der Waals surface area contributed by atoms with Gasteiger partial charge in [0.15, 0.2) is 0 Å². The van der Waals surface area contributed by atoms with Crippen LogP contribution in [0.2, 0.25) is 10.0 Å². The summed E-state index contributed by atoms with van der Waals surface area (Å²) in [5, 5.41) is 19.2. The van der Waals surface area contributed by atoms with E-state index in [4.69, 9.17) is 23.2 Å². The van der Waals surface area contributed by atoms with Crippen LogP contribution >= 0.6 is 23.2 Å². The highest BCUT2D eigenvalue weighted by molar-refractivity contribution is 6.40. The van der Waals surface area contributed by atoms with Crippen molar-refractivity contribution in [2.45, 2.75) is 0 Å². The lowest BCUT2D eigenvalue weighted by Gasteiger charge is -2.07. The van der Waals surface area contributed by atoms with Crippen LogP contribution in [0.5, 0.6) is 0 Å². The van der Waals surface area contributed by atoms with Crippen LogP contribution < -0.4 is 5.32 Å². The van der Waals surface area contributed by atoms with Gasteiger partial charge >= 0.3 is 5.69 Å². The van der Waals surface area contributed by atoms with Gasteiger partial charge in [-0.1, -0.05) is 29.3 Å². The summed E-state index contributed by atoms with van der Waals surface area (Å²) in [7, 11) is 0. The van der Waals surface area contributed by atoms with E-state index in [1.54, 1.807) is 6.07 Å². The molecule has 7 nitrogen and oxygen atoms in total. The van der Waals surface area contributed by atoms with Crippen LogP contribution in [0.1, 0.15) is 10.5 Å². The van der Waals surface area contributed by atoms with Crippen molar-refractivity contribution in [3.63, 3.8) is 0 Å². The Morgan fingerprint density at radius 2 is 2.00 bits per heavy atom. The summed E-state index contributed by atoms with van der Waals surface area (Å²) in [5.41, 5.74) is -0.526. The van der Waals surface area contributed by atoms with Crippen LogP contribution in [-0.4, -0.2) is 21.0 Å². The Hall–Kier alpha value is -2.12. The number of nitrogens with zero attached hydrogens (tertiary/aromatic N) is 2. The summed E-state index contributed by atoms with van der Waals surface area (Å²) in [5.74, 6) is -0.751. The maximum atomic E-state index is 11.9. The molecule has 19 heavy (non-hydrogen) atoms. The van der Waals surface area contributed by atoms with Gasteiger partial charge in [-0.05, 0) is 12.1 Å². The van der Waals surface area contributed by atoms with E-state index in [0.29, 0.717) is 0 Å². The molecule has 0 aliphatic heterocycles. The second kappa shape index (κ2) is 5.25. The summed E-state index contributed by atoms with van der Waals surface area (Å²) in [6.45, 7) is 0. The lowest BCUT2D eigenvalue weighted by atomic mass is 10.3. The minimum atomic E-state index is -0.751. The number of rotatable bonds is 3. The lowest BCUT2D eigenvalue weighted by molar-refractivity contribution is -0.385. The van der Waals surface area contributed by atoms with E-state index in [2.05, 4.69) is 15.5 Å². The van der Waals surface area contributed by atoms with Crippen molar-refractivity contribution in [1.82, 2.24) is 10.2 Å². The van der Waals surface area contributed by atoms with Crippen molar-refractivity contribution in [2.24, 2.45) is 0 Å². The molecule has 1 aromatic heterocycles. The third-order valence-corrected chi connectivity index (χ3v) is 2.87. The molecule has 2 N–H and O–H groups in total. The SMILES string of the molecule is O=C(Nc1c(Cl)cccc1Cl)c1[nH]ncc1[N+](=O)[O-]. The Labute approximate surface area is 116 Å². The number of aromatic nitrogens is 2. The minimum absolute atomic E-state index is 0.180. The maximum Gasteiger partial charge on any atom is 0.319 e. The number of carbonyl (C=O) groups excluding carboxylic acids is 1. The highest BCUT2D eigenvalue weighted by atomic mass is 35.5. The molecule has 0 atom stereocenters. The number of carbonyl (C=O) groups is 1. The molecule has 0 spiro atoms. The van der Waals surface area contributed by atoms with Crippen LogP contribution in [0.15, 0.2) is 24.4 Å². The molecule has 1 heterocycles. The number of hydrogen-bond donors (Lipinski definition) is 2. The summed E-state index contributed by atoms with van der Waals surface area (Å²) < 4.78 is 0. The molecule has 0 saturated heterocycles. The van der Waals surface area contributed by atoms with Crippen molar-refractivity contribution in [3.05, 3.63) is 50.2 Å². The van der Waals surface area contributed by atoms with Crippen LogP contribution in [0.25, 0.3) is 0 Å². The molecule has 0 saturated carbocycles.